The number of nitrogens with one attached hydrogen (secondary N) is 2. The van der Waals surface area contributed by atoms with Gasteiger partial charge in [0.1, 0.15) is 35.2 Å². The van der Waals surface area contributed by atoms with Gasteiger partial charge in [-0.1, -0.05) is 0 Å². The van der Waals surface area contributed by atoms with Crippen LogP contribution in [0.4, 0.5) is 19.3 Å². The van der Waals surface area contributed by atoms with E-state index < -0.39 is 41.6 Å². The number of amides is 4. The van der Waals surface area contributed by atoms with Gasteiger partial charge in [-0.15, -0.1) is 0 Å². The SMILES string of the molecule is Cc1cc([C@@]2(C)NC(=O)N(CC(=O)Nc3cc(F)ccc3F)C2=O)c(C)o1. The van der Waals surface area contributed by atoms with Crippen molar-refractivity contribution in [2.75, 3.05) is 11.9 Å². The second-order valence-electron chi connectivity index (χ2n) is 6.45. The van der Waals surface area contributed by atoms with E-state index in [1.54, 1.807) is 19.9 Å². The number of nitrogens with zero attached hydrogens (tertiary/aromatic N) is 1. The van der Waals surface area contributed by atoms with E-state index in [4.69, 9.17) is 4.42 Å². The minimum absolute atomic E-state index is 0.379. The van der Waals surface area contributed by atoms with Gasteiger partial charge in [-0.3, -0.25) is 14.5 Å². The van der Waals surface area contributed by atoms with Crippen molar-refractivity contribution >= 4 is 23.5 Å². The van der Waals surface area contributed by atoms with Crippen molar-refractivity contribution in [1.82, 2.24) is 10.2 Å². The standard InChI is InChI=1S/C18H17F2N3O4/c1-9-6-12(10(2)27-9)18(3)16(25)23(17(26)22-18)8-15(24)21-14-7-11(19)4-5-13(14)20/h4-7H,8H2,1-3H3,(H,21,24)(H,22,26)/t18-/m1/s1. The molecule has 142 valence electrons. The number of furan rings is 1. The zero-order valence-electron chi connectivity index (χ0n) is 14.9. The summed E-state index contributed by atoms with van der Waals surface area (Å²) in [6.45, 7) is 4.23. The van der Waals surface area contributed by atoms with E-state index in [-0.39, 0.29) is 5.69 Å². The first kappa shape index (κ1) is 18.6. The van der Waals surface area contributed by atoms with E-state index in [1.807, 2.05) is 0 Å². The topological polar surface area (TPSA) is 91.7 Å². The molecule has 1 atom stereocenters. The molecule has 1 saturated heterocycles. The third-order valence-corrected chi connectivity index (χ3v) is 4.36. The Morgan fingerprint density at radius 3 is 2.59 bits per heavy atom. The van der Waals surface area contributed by atoms with E-state index in [9.17, 15) is 23.2 Å². The molecule has 1 aromatic heterocycles. The highest BCUT2D eigenvalue weighted by Gasteiger charge is 2.51. The zero-order valence-corrected chi connectivity index (χ0v) is 14.9. The van der Waals surface area contributed by atoms with Gasteiger partial charge in [-0.2, -0.15) is 0 Å². The minimum atomic E-state index is -1.39. The number of hydrogen-bond donors (Lipinski definition) is 2. The summed E-state index contributed by atoms with van der Waals surface area (Å²) in [4.78, 5) is 37.9. The fourth-order valence-corrected chi connectivity index (χ4v) is 3.08. The largest absolute Gasteiger partial charge is 0.466 e. The van der Waals surface area contributed by atoms with Crippen molar-refractivity contribution in [3.8, 4) is 0 Å². The van der Waals surface area contributed by atoms with Gasteiger partial charge >= 0.3 is 6.03 Å². The number of carbonyl (C=O) groups excluding carboxylic acids is 3. The number of benzene rings is 1. The van der Waals surface area contributed by atoms with E-state index in [1.165, 1.54) is 6.92 Å². The molecule has 2 N–H and O–H groups in total. The number of urea groups is 1. The van der Waals surface area contributed by atoms with Gasteiger partial charge in [-0.05, 0) is 39.0 Å². The number of carbonyl (C=O) groups is 3. The van der Waals surface area contributed by atoms with Gasteiger partial charge in [-0.25, -0.2) is 13.6 Å². The summed E-state index contributed by atoms with van der Waals surface area (Å²) < 4.78 is 32.3. The van der Waals surface area contributed by atoms with E-state index >= 15 is 0 Å². The molecule has 9 heteroatoms. The maximum absolute atomic E-state index is 13.6. The Hall–Kier alpha value is -3.23. The first-order valence-electron chi connectivity index (χ1n) is 8.08. The van der Waals surface area contributed by atoms with Crippen LogP contribution in [-0.2, 0) is 15.1 Å². The molecule has 0 radical (unpaired) electrons. The Morgan fingerprint density at radius 2 is 1.96 bits per heavy atom. The number of hydrogen-bond acceptors (Lipinski definition) is 4. The Labute approximate surface area is 153 Å². The van der Waals surface area contributed by atoms with Crippen LogP contribution in [0.15, 0.2) is 28.7 Å². The van der Waals surface area contributed by atoms with Crippen molar-refractivity contribution in [1.29, 1.82) is 0 Å². The van der Waals surface area contributed by atoms with E-state index in [0.717, 1.165) is 18.2 Å². The molecule has 7 nitrogen and oxygen atoms in total. The fraction of sp³-hybridized carbons (Fsp3) is 0.278. The van der Waals surface area contributed by atoms with Gasteiger partial charge in [0.05, 0.1) is 5.69 Å². The number of anilines is 1. The average molecular weight is 377 g/mol. The molecule has 1 aliphatic heterocycles. The predicted molar refractivity (Wildman–Crippen MR) is 90.8 cm³/mol. The molecule has 1 aliphatic rings. The summed E-state index contributed by atoms with van der Waals surface area (Å²) in [7, 11) is 0. The van der Waals surface area contributed by atoms with Crippen LogP contribution in [0, 0.1) is 25.5 Å². The third kappa shape index (κ3) is 3.27. The maximum atomic E-state index is 13.6. The fourth-order valence-electron chi connectivity index (χ4n) is 3.08. The second kappa shape index (κ2) is 6.49. The van der Waals surface area contributed by atoms with Crippen LogP contribution in [0.5, 0.6) is 0 Å². The summed E-state index contributed by atoms with van der Waals surface area (Å²) in [5.41, 5.74) is -1.28. The smallest absolute Gasteiger partial charge is 0.325 e. The quantitative estimate of drug-likeness (QED) is 0.801. The van der Waals surface area contributed by atoms with Crippen LogP contribution in [0.25, 0.3) is 0 Å². The molecule has 0 spiro atoms. The third-order valence-electron chi connectivity index (χ3n) is 4.36. The highest BCUT2D eigenvalue weighted by molar-refractivity contribution is 6.10. The van der Waals surface area contributed by atoms with E-state index in [2.05, 4.69) is 10.6 Å². The normalized spacial score (nSPS) is 19.4. The summed E-state index contributed by atoms with van der Waals surface area (Å²) >= 11 is 0. The second-order valence-corrected chi connectivity index (χ2v) is 6.45. The molecule has 0 aliphatic carbocycles. The Kier molecular flexibility index (Phi) is 4.46. The molecular formula is C18H17F2N3O4. The predicted octanol–water partition coefficient (Wildman–Crippen LogP) is 2.58. The van der Waals surface area contributed by atoms with Gasteiger partial charge in [0.25, 0.3) is 5.91 Å². The molecular weight excluding hydrogens is 360 g/mol. The monoisotopic (exact) mass is 377 g/mol. The first-order chi connectivity index (χ1) is 12.6. The van der Waals surface area contributed by atoms with Crippen LogP contribution in [0.2, 0.25) is 0 Å². The number of rotatable bonds is 4. The number of aryl methyl sites for hydroxylation is 2. The minimum Gasteiger partial charge on any atom is -0.466 e. The molecule has 2 heterocycles. The van der Waals surface area contributed by atoms with Crippen LogP contribution < -0.4 is 10.6 Å². The lowest BCUT2D eigenvalue weighted by Crippen LogP contribution is -2.42. The van der Waals surface area contributed by atoms with E-state index in [0.29, 0.717) is 22.0 Å². The van der Waals surface area contributed by atoms with Crippen molar-refractivity contribution in [3.05, 3.63) is 53.0 Å². The summed E-state index contributed by atoms with van der Waals surface area (Å²) in [6.07, 6.45) is 0. The number of imide groups is 1. The number of halogens is 2. The van der Waals surface area contributed by atoms with Crippen molar-refractivity contribution in [3.63, 3.8) is 0 Å². The summed E-state index contributed by atoms with van der Waals surface area (Å²) in [6, 6.07) is 3.44. The lowest BCUT2D eigenvalue weighted by Gasteiger charge is -2.21. The van der Waals surface area contributed by atoms with Crippen LogP contribution in [0.3, 0.4) is 0 Å². The highest BCUT2D eigenvalue weighted by atomic mass is 19.1. The van der Waals surface area contributed by atoms with Crippen molar-refractivity contribution in [2.45, 2.75) is 26.3 Å². The van der Waals surface area contributed by atoms with Gasteiger partial charge in [0.15, 0.2) is 0 Å². The van der Waals surface area contributed by atoms with Gasteiger partial charge in [0.2, 0.25) is 5.91 Å². The Bertz CT molecular complexity index is 956. The molecule has 3 rings (SSSR count). The first-order valence-corrected chi connectivity index (χ1v) is 8.08. The molecule has 1 fully saturated rings. The molecule has 0 unspecified atom stereocenters. The Morgan fingerprint density at radius 1 is 1.26 bits per heavy atom. The summed E-state index contributed by atoms with van der Waals surface area (Å²) in [5.74, 6) is -2.02. The molecule has 1 aromatic carbocycles. The van der Waals surface area contributed by atoms with Crippen molar-refractivity contribution in [2.24, 2.45) is 0 Å². The molecule has 0 bridgehead atoms. The molecule has 4 amide bonds. The highest BCUT2D eigenvalue weighted by Crippen LogP contribution is 2.32. The van der Waals surface area contributed by atoms with Crippen LogP contribution in [-0.4, -0.2) is 29.3 Å². The zero-order chi connectivity index (χ0) is 19.9. The van der Waals surface area contributed by atoms with Crippen LogP contribution >= 0.6 is 0 Å². The van der Waals surface area contributed by atoms with Crippen LogP contribution in [0.1, 0.15) is 24.0 Å². The average Bonchev–Trinajstić information content (AvgIpc) is 3.03. The lowest BCUT2D eigenvalue weighted by molar-refractivity contribution is -0.133. The summed E-state index contributed by atoms with van der Waals surface area (Å²) in [5, 5.41) is 4.71. The van der Waals surface area contributed by atoms with Crippen molar-refractivity contribution < 1.29 is 27.6 Å². The molecule has 0 saturated carbocycles. The van der Waals surface area contributed by atoms with Gasteiger partial charge in [0, 0.05) is 11.6 Å². The Balaban J connectivity index is 1.78. The van der Waals surface area contributed by atoms with Gasteiger partial charge < -0.3 is 15.1 Å². The maximum Gasteiger partial charge on any atom is 0.325 e. The lowest BCUT2D eigenvalue weighted by atomic mass is 9.92. The molecule has 27 heavy (non-hydrogen) atoms. The molecule has 2 aromatic rings.